The molecular weight excluding hydrogens is 192 g/mol. The Morgan fingerprint density at radius 3 is 2.80 bits per heavy atom. The molecular formula is C12H22O3. The van der Waals surface area contributed by atoms with Gasteiger partial charge in [-0.05, 0) is 33.1 Å². The van der Waals surface area contributed by atoms with E-state index >= 15 is 0 Å². The summed E-state index contributed by atoms with van der Waals surface area (Å²) in [6, 6.07) is 0. The fourth-order valence-corrected chi connectivity index (χ4v) is 1.73. The number of hydrogen-bond acceptors (Lipinski definition) is 3. The van der Waals surface area contributed by atoms with E-state index in [-0.39, 0.29) is 11.5 Å². The molecule has 0 aromatic heterocycles. The van der Waals surface area contributed by atoms with Crippen molar-refractivity contribution in [3.8, 4) is 0 Å². The molecule has 3 nitrogen and oxygen atoms in total. The lowest BCUT2D eigenvalue weighted by atomic mass is 9.91. The molecule has 0 spiro atoms. The first kappa shape index (κ1) is 12.7. The van der Waals surface area contributed by atoms with E-state index in [4.69, 9.17) is 9.47 Å². The number of rotatable bonds is 5. The molecule has 1 fully saturated rings. The maximum atomic E-state index is 11.8. The van der Waals surface area contributed by atoms with E-state index in [0.29, 0.717) is 18.8 Å². The number of methoxy groups -OCH3 is 1. The first-order chi connectivity index (χ1) is 7.05. The Balaban J connectivity index is 2.28. The van der Waals surface area contributed by atoms with Gasteiger partial charge in [0.05, 0.1) is 12.2 Å². The van der Waals surface area contributed by atoms with Crippen LogP contribution in [-0.2, 0) is 14.3 Å². The minimum Gasteiger partial charge on any atom is -0.381 e. The Hall–Kier alpha value is -0.410. The van der Waals surface area contributed by atoms with Crippen LogP contribution in [0.25, 0.3) is 0 Å². The number of carbonyl (C=O) groups is 1. The van der Waals surface area contributed by atoms with Gasteiger partial charge in [-0.25, -0.2) is 0 Å². The minimum atomic E-state index is -0.189. The predicted molar refractivity (Wildman–Crippen MR) is 58.9 cm³/mol. The molecule has 0 bridgehead atoms. The number of hydrogen-bond donors (Lipinski definition) is 0. The van der Waals surface area contributed by atoms with Gasteiger partial charge in [-0.3, -0.25) is 4.79 Å². The molecule has 1 aliphatic rings. The molecule has 3 heteroatoms. The van der Waals surface area contributed by atoms with Crippen molar-refractivity contribution in [2.24, 2.45) is 5.92 Å². The van der Waals surface area contributed by atoms with Gasteiger partial charge in [0.25, 0.3) is 0 Å². The third-order valence-electron chi connectivity index (χ3n) is 3.14. The van der Waals surface area contributed by atoms with Crippen molar-refractivity contribution in [2.45, 2.75) is 45.1 Å². The second kappa shape index (κ2) is 5.61. The smallest absolute Gasteiger partial charge is 0.138 e. The molecule has 0 aliphatic carbocycles. The van der Waals surface area contributed by atoms with Gasteiger partial charge < -0.3 is 9.47 Å². The summed E-state index contributed by atoms with van der Waals surface area (Å²) in [5.74, 6) is 0.464. The van der Waals surface area contributed by atoms with Crippen molar-refractivity contribution in [1.82, 2.24) is 0 Å². The van der Waals surface area contributed by atoms with Crippen LogP contribution in [0.4, 0.5) is 0 Å². The lowest BCUT2D eigenvalue weighted by molar-refractivity contribution is -0.128. The van der Waals surface area contributed by atoms with Gasteiger partial charge in [0.1, 0.15) is 5.78 Å². The Labute approximate surface area is 92.1 Å². The molecule has 0 aromatic rings. The van der Waals surface area contributed by atoms with Gasteiger partial charge in [-0.15, -0.1) is 0 Å². The molecule has 0 saturated carbocycles. The van der Waals surface area contributed by atoms with Gasteiger partial charge in [0.15, 0.2) is 0 Å². The minimum absolute atomic E-state index is 0.131. The standard InChI is InChI=1S/C12H22O3/c1-12(2,14-3)7-6-11(13)10-5-4-8-15-9-10/h10H,4-9H2,1-3H3. The van der Waals surface area contributed by atoms with Crippen LogP contribution >= 0.6 is 0 Å². The highest BCUT2D eigenvalue weighted by molar-refractivity contribution is 5.81. The topological polar surface area (TPSA) is 35.5 Å². The highest BCUT2D eigenvalue weighted by Crippen LogP contribution is 2.21. The van der Waals surface area contributed by atoms with Gasteiger partial charge in [-0.1, -0.05) is 0 Å². The molecule has 1 heterocycles. The molecule has 15 heavy (non-hydrogen) atoms. The van der Waals surface area contributed by atoms with Crippen molar-refractivity contribution in [3.05, 3.63) is 0 Å². The normalized spacial score (nSPS) is 22.7. The quantitative estimate of drug-likeness (QED) is 0.703. The summed E-state index contributed by atoms with van der Waals surface area (Å²) < 4.78 is 10.6. The van der Waals surface area contributed by atoms with E-state index in [9.17, 15) is 4.79 Å². The lowest BCUT2D eigenvalue weighted by Gasteiger charge is -2.25. The van der Waals surface area contributed by atoms with Crippen LogP contribution in [0.5, 0.6) is 0 Å². The van der Waals surface area contributed by atoms with Gasteiger partial charge in [0.2, 0.25) is 0 Å². The predicted octanol–water partition coefficient (Wildman–Crippen LogP) is 2.19. The first-order valence-corrected chi connectivity index (χ1v) is 5.71. The van der Waals surface area contributed by atoms with Crippen LogP contribution < -0.4 is 0 Å². The third-order valence-corrected chi connectivity index (χ3v) is 3.14. The molecule has 1 saturated heterocycles. The maximum Gasteiger partial charge on any atom is 0.138 e. The summed E-state index contributed by atoms with van der Waals surface area (Å²) in [6.45, 7) is 5.45. The Kier molecular flexibility index (Phi) is 4.74. The van der Waals surface area contributed by atoms with Crippen LogP contribution in [0.15, 0.2) is 0 Å². The zero-order valence-electron chi connectivity index (χ0n) is 10.0. The lowest BCUT2D eigenvalue weighted by Crippen LogP contribution is -2.28. The highest BCUT2D eigenvalue weighted by Gasteiger charge is 2.24. The van der Waals surface area contributed by atoms with Crippen LogP contribution in [0.2, 0.25) is 0 Å². The van der Waals surface area contributed by atoms with Crippen molar-refractivity contribution in [1.29, 1.82) is 0 Å². The van der Waals surface area contributed by atoms with Crippen LogP contribution in [0.3, 0.4) is 0 Å². The van der Waals surface area contributed by atoms with Crippen LogP contribution in [-0.4, -0.2) is 31.7 Å². The maximum absolute atomic E-state index is 11.8. The van der Waals surface area contributed by atoms with E-state index in [1.165, 1.54) is 0 Å². The monoisotopic (exact) mass is 214 g/mol. The fourth-order valence-electron chi connectivity index (χ4n) is 1.73. The molecule has 1 atom stereocenters. The van der Waals surface area contributed by atoms with Crippen molar-refractivity contribution in [3.63, 3.8) is 0 Å². The second-order valence-corrected chi connectivity index (χ2v) is 4.84. The van der Waals surface area contributed by atoms with E-state index in [1.807, 2.05) is 13.8 Å². The van der Waals surface area contributed by atoms with Crippen molar-refractivity contribution in [2.75, 3.05) is 20.3 Å². The zero-order valence-corrected chi connectivity index (χ0v) is 10.0. The number of ketones is 1. The Morgan fingerprint density at radius 1 is 1.53 bits per heavy atom. The fraction of sp³-hybridized carbons (Fsp3) is 0.917. The van der Waals surface area contributed by atoms with E-state index in [2.05, 4.69) is 0 Å². The van der Waals surface area contributed by atoms with E-state index in [1.54, 1.807) is 7.11 Å². The van der Waals surface area contributed by atoms with Gasteiger partial charge in [0, 0.05) is 26.1 Å². The van der Waals surface area contributed by atoms with E-state index in [0.717, 1.165) is 25.9 Å². The summed E-state index contributed by atoms with van der Waals surface area (Å²) >= 11 is 0. The molecule has 1 rings (SSSR count). The summed E-state index contributed by atoms with van der Waals surface area (Å²) in [5, 5.41) is 0. The number of Topliss-reactive ketones (excluding diaryl/α,β-unsaturated/α-hetero) is 1. The van der Waals surface area contributed by atoms with E-state index < -0.39 is 0 Å². The van der Waals surface area contributed by atoms with Crippen molar-refractivity contribution >= 4 is 5.78 Å². The summed E-state index contributed by atoms with van der Waals surface area (Å²) in [4.78, 5) is 11.8. The molecule has 1 aliphatic heterocycles. The zero-order chi connectivity index (χ0) is 11.3. The summed E-state index contributed by atoms with van der Waals surface area (Å²) in [7, 11) is 1.69. The van der Waals surface area contributed by atoms with Gasteiger partial charge in [-0.2, -0.15) is 0 Å². The molecule has 88 valence electrons. The first-order valence-electron chi connectivity index (χ1n) is 5.71. The summed E-state index contributed by atoms with van der Waals surface area (Å²) in [6.07, 6.45) is 3.41. The average molecular weight is 214 g/mol. The second-order valence-electron chi connectivity index (χ2n) is 4.84. The average Bonchev–Trinajstić information content (AvgIpc) is 2.27. The molecule has 0 amide bonds. The van der Waals surface area contributed by atoms with Crippen LogP contribution in [0.1, 0.15) is 39.5 Å². The highest BCUT2D eigenvalue weighted by atomic mass is 16.5. The molecule has 0 N–H and O–H groups in total. The third kappa shape index (κ3) is 4.31. The van der Waals surface area contributed by atoms with Crippen LogP contribution in [0, 0.1) is 5.92 Å². The molecule has 1 unspecified atom stereocenters. The van der Waals surface area contributed by atoms with Crippen molar-refractivity contribution < 1.29 is 14.3 Å². The SMILES string of the molecule is COC(C)(C)CCC(=O)C1CCCOC1. The molecule has 0 radical (unpaired) electrons. The summed E-state index contributed by atoms with van der Waals surface area (Å²) in [5.41, 5.74) is -0.189. The number of carbonyl (C=O) groups excluding carboxylic acids is 1. The molecule has 0 aromatic carbocycles. The number of ether oxygens (including phenoxy) is 2. The van der Waals surface area contributed by atoms with Gasteiger partial charge >= 0.3 is 0 Å². The Bertz CT molecular complexity index is 205. The Morgan fingerprint density at radius 2 is 2.27 bits per heavy atom. The largest absolute Gasteiger partial charge is 0.381 e.